The van der Waals surface area contributed by atoms with Gasteiger partial charge in [0.05, 0.1) is 36.5 Å². The van der Waals surface area contributed by atoms with E-state index in [0.717, 1.165) is 0 Å². The predicted molar refractivity (Wildman–Crippen MR) is 96.5 cm³/mol. The minimum atomic E-state index is -0.507. The normalized spacial score (nSPS) is 14.7. The molecule has 0 spiro atoms. The summed E-state index contributed by atoms with van der Waals surface area (Å²) in [6.07, 6.45) is -0.331. The van der Waals surface area contributed by atoms with Crippen LogP contribution in [0.2, 0.25) is 5.02 Å². The molecule has 1 saturated heterocycles. The van der Waals surface area contributed by atoms with E-state index in [1.165, 1.54) is 25.3 Å². The van der Waals surface area contributed by atoms with Crippen LogP contribution < -0.4 is 5.32 Å². The van der Waals surface area contributed by atoms with Crippen LogP contribution in [0.15, 0.2) is 18.2 Å². The van der Waals surface area contributed by atoms with Crippen LogP contribution in [-0.4, -0.2) is 74.2 Å². The van der Waals surface area contributed by atoms with Gasteiger partial charge in [-0.15, -0.1) is 0 Å². The van der Waals surface area contributed by atoms with Crippen molar-refractivity contribution in [2.75, 3.05) is 51.8 Å². The third-order valence-electron chi connectivity index (χ3n) is 3.93. The zero-order chi connectivity index (χ0) is 19.1. The Kier molecular flexibility index (Phi) is 7.23. The van der Waals surface area contributed by atoms with Gasteiger partial charge in [-0.25, -0.2) is 9.59 Å². The zero-order valence-electron chi connectivity index (χ0n) is 14.8. The largest absolute Gasteiger partial charge is 0.465 e. The highest BCUT2D eigenvalue weighted by Gasteiger charge is 2.23. The predicted octanol–water partition coefficient (Wildman–Crippen LogP) is 1.84. The Balaban J connectivity index is 1.88. The van der Waals surface area contributed by atoms with Gasteiger partial charge in [0.1, 0.15) is 0 Å². The van der Waals surface area contributed by atoms with Crippen LogP contribution in [0.4, 0.5) is 10.5 Å². The Morgan fingerprint density at radius 2 is 1.88 bits per heavy atom. The topological polar surface area (TPSA) is 88.2 Å². The first-order valence-electron chi connectivity index (χ1n) is 8.26. The van der Waals surface area contributed by atoms with Gasteiger partial charge in [0.15, 0.2) is 0 Å². The molecule has 9 heteroatoms. The summed E-state index contributed by atoms with van der Waals surface area (Å²) in [4.78, 5) is 39.1. The monoisotopic (exact) mass is 383 g/mol. The number of halogens is 1. The maximum Gasteiger partial charge on any atom is 0.409 e. The summed E-state index contributed by atoms with van der Waals surface area (Å²) in [7, 11) is 1.28. The van der Waals surface area contributed by atoms with Gasteiger partial charge in [0, 0.05) is 26.2 Å². The van der Waals surface area contributed by atoms with Crippen molar-refractivity contribution in [2.45, 2.75) is 6.92 Å². The molecule has 0 aromatic heterocycles. The average molecular weight is 384 g/mol. The number of ether oxygens (including phenoxy) is 2. The van der Waals surface area contributed by atoms with Crippen molar-refractivity contribution in [1.82, 2.24) is 9.80 Å². The molecule has 0 unspecified atom stereocenters. The molecule has 142 valence electrons. The fourth-order valence-electron chi connectivity index (χ4n) is 2.56. The lowest BCUT2D eigenvalue weighted by molar-refractivity contribution is -0.117. The molecule has 1 aromatic rings. The number of benzene rings is 1. The van der Waals surface area contributed by atoms with E-state index in [0.29, 0.717) is 49.1 Å². The van der Waals surface area contributed by atoms with E-state index in [2.05, 4.69) is 10.1 Å². The van der Waals surface area contributed by atoms with Gasteiger partial charge in [0.2, 0.25) is 5.91 Å². The smallest absolute Gasteiger partial charge is 0.409 e. The quantitative estimate of drug-likeness (QED) is 0.780. The lowest BCUT2D eigenvalue weighted by Gasteiger charge is -2.33. The molecule has 1 aromatic carbocycles. The molecule has 1 aliphatic heterocycles. The van der Waals surface area contributed by atoms with E-state index in [1.54, 1.807) is 11.8 Å². The van der Waals surface area contributed by atoms with Crippen LogP contribution in [0.25, 0.3) is 0 Å². The van der Waals surface area contributed by atoms with Crippen LogP contribution >= 0.6 is 11.6 Å². The van der Waals surface area contributed by atoms with Crippen molar-refractivity contribution in [1.29, 1.82) is 0 Å². The molecule has 2 rings (SSSR count). The van der Waals surface area contributed by atoms with Crippen molar-refractivity contribution in [3.8, 4) is 0 Å². The standard InChI is InChI=1S/C17H22ClN3O5/c1-3-26-17(24)21-8-6-20(7-9-21)11-15(22)19-14-10-12(16(23)25-2)4-5-13(14)18/h4-5,10H,3,6-9,11H2,1-2H3,(H,19,22). The highest BCUT2D eigenvalue weighted by Crippen LogP contribution is 2.23. The van der Waals surface area contributed by atoms with Gasteiger partial charge in [-0.3, -0.25) is 9.69 Å². The number of hydrogen-bond donors (Lipinski definition) is 1. The van der Waals surface area contributed by atoms with Gasteiger partial charge in [-0.05, 0) is 25.1 Å². The molecule has 0 bridgehead atoms. The lowest BCUT2D eigenvalue weighted by Crippen LogP contribution is -2.50. The van der Waals surface area contributed by atoms with Crippen molar-refractivity contribution in [2.24, 2.45) is 0 Å². The molecule has 0 saturated carbocycles. The molecule has 0 aliphatic carbocycles. The minimum Gasteiger partial charge on any atom is -0.465 e. The SMILES string of the molecule is CCOC(=O)N1CCN(CC(=O)Nc2cc(C(=O)OC)ccc2Cl)CC1. The van der Waals surface area contributed by atoms with Crippen LogP contribution in [-0.2, 0) is 14.3 Å². The Hall–Kier alpha value is -2.32. The first-order chi connectivity index (χ1) is 12.4. The van der Waals surface area contributed by atoms with Crippen LogP contribution in [0.5, 0.6) is 0 Å². The van der Waals surface area contributed by atoms with Crippen LogP contribution in [0, 0.1) is 0 Å². The van der Waals surface area contributed by atoms with Crippen molar-refractivity contribution >= 4 is 35.3 Å². The number of amides is 2. The van der Waals surface area contributed by atoms with Gasteiger partial charge in [-0.1, -0.05) is 11.6 Å². The first kappa shape index (κ1) is 20.0. The fourth-order valence-corrected chi connectivity index (χ4v) is 2.73. The Morgan fingerprint density at radius 3 is 2.50 bits per heavy atom. The summed E-state index contributed by atoms with van der Waals surface area (Å²) >= 11 is 6.08. The van der Waals surface area contributed by atoms with E-state index in [-0.39, 0.29) is 18.5 Å². The molecular weight excluding hydrogens is 362 g/mol. The molecule has 0 radical (unpaired) electrons. The van der Waals surface area contributed by atoms with Crippen LogP contribution in [0.1, 0.15) is 17.3 Å². The van der Waals surface area contributed by atoms with E-state index in [9.17, 15) is 14.4 Å². The number of nitrogens with zero attached hydrogens (tertiary/aromatic N) is 2. The van der Waals surface area contributed by atoms with E-state index < -0.39 is 5.97 Å². The molecule has 26 heavy (non-hydrogen) atoms. The maximum atomic E-state index is 12.3. The summed E-state index contributed by atoms with van der Waals surface area (Å²) in [5.41, 5.74) is 0.653. The van der Waals surface area contributed by atoms with E-state index in [4.69, 9.17) is 16.3 Å². The Labute approximate surface area is 157 Å². The second-order valence-corrected chi connectivity index (χ2v) is 6.10. The van der Waals surface area contributed by atoms with E-state index in [1.807, 2.05) is 4.90 Å². The number of carbonyl (C=O) groups is 3. The second-order valence-electron chi connectivity index (χ2n) is 5.70. The summed E-state index contributed by atoms with van der Waals surface area (Å²) in [6, 6.07) is 4.53. The third-order valence-corrected chi connectivity index (χ3v) is 4.26. The molecular formula is C17H22ClN3O5. The zero-order valence-corrected chi connectivity index (χ0v) is 15.5. The molecule has 1 aliphatic rings. The molecule has 1 fully saturated rings. The Morgan fingerprint density at radius 1 is 1.19 bits per heavy atom. The fraction of sp³-hybridized carbons (Fsp3) is 0.471. The second kappa shape index (κ2) is 9.40. The first-order valence-corrected chi connectivity index (χ1v) is 8.64. The average Bonchev–Trinajstić information content (AvgIpc) is 2.63. The highest BCUT2D eigenvalue weighted by molar-refractivity contribution is 6.33. The number of piperazine rings is 1. The van der Waals surface area contributed by atoms with Crippen molar-refractivity contribution in [3.05, 3.63) is 28.8 Å². The summed E-state index contributed by atoms with van der Waals surface area (Å²) in [5.74, 6) is -0.759. The Bertz CT molecular complexity index is 674. The third kappa shape index (κ3) is 5.34. The molecule has 1 heterocycles. The summed E-state index contributed by atoms with van der Waals surface area (Å²) < 4.78 is 9.63. The van der Waals surface area contributed by atoms with Crippen molar-refractivity contribution in [3.63, 3.8) is 0 Å². The molecule has 1 N–H and O–H groups in total. The van der Waals surface area contributed by atoms with Crippen molar-refractivity contribution < 1.29 is 23.9 Å². The lowest BCUT2D eigenvalue weighted by atomic mass is 10.2. The number of esters is 1. The maximum absolute atomic E-state index is 12.3. The number of rotatable bonds is 5. The van der Waals surface area contributed by atoms with E-state index >= 15 is 0 Å². The number of methoxy groups -OCH3 is 1. The molecule has 2 amide bonds. The van der Waals surface area contributed by atoms with Gasteiger partial charge >= 0.3 is 12.1 Å². The number of carbonyl (C=O) groups excluding carboxylic acids is 3. The highest BCUT2D eigenvalue weighted by atomic mass is 35.5. The minimum absolute atomic E-state index is 0.162. The molecule has 0 atom stereocenters. The number of anilines is 1. The summed E-state index contributed by atoms with van der Waals surface area (Å²) in [5, 5.41) is 3.04. The van der Waals surface area contributed by atoms with Crippen LogP contribution in [0.3, 0.4) is 0 Å². The summed E-state index contributed by atoms with van der Waals surface area (Å²) in [6.45, 7) is 4.42. The molecule has 8 nitrogen and oxygen atoms in total. The van der Waals surface area contributed by atoms with Gasteiger partial charge in [-0.2, -0.15) is 0 Å². The van der Waals surface area contributed by atoms with Gasteiger partial charge < -0.3 is 19.7 Å². The number of nitrogens with one attached hydrogen (secondary N) is 1. The van der Waals surface area contributed by atoms with Gasteiger partial charge in [0.25, 0.3) is 0 Å². The number of hydrogen-bond acceptors (Lipinski definition) is 6.